The average Bonchev–Trinajstić information content (AvgIpc) is 2.84. The Hall–Kier alpha value is -3.92. The Balaban J connectivity index is 1.52. The van der Waals surface area contributed by atoms with Gasteiger partial charge in [0.2, 0.25) is 11.8 Å². The van der Waals surface area contributed by atoms with E-state index < -0.39 is 6.04 Å². The van der Waals surface area contributed by atoms with Crippen molar-refractivity contribution < 1.29 is 9.59 Å². The van der Waals surface area contributed by atoms with Gasteiger partial charge in [0, 0.05) is 19.2 Å². The summed E-state index contributed by atoms with van der Waals surface area (Å²) in [6.45, 7) is 0. The zero-order valence-corrected chi connectivity index (χ0v) is 18.1. The first-order chi connectivity index (χ1) is 15.6. The monoisotopic (exact) mass is 422 g/mol. The van der Waals surface area contributed by atoms with Crippen LogP contribution in [-0.2, 0) is 22.4 Å². The van der Waals surface area contributed by atoms with E-state index in [0.29, 0.717) is 6.42 Å². The minimum atomic E-state index is -0.657. The fraction of sp³-hybridized carbons (Fsp3) is 0.143. The number of carbonyl (C=O) groups is 2. The van der Waals surface area contributed by atoms with Gasteiger partial charge >= 0.3 is 0 Å². The van der Waals surface area contributed by atoms with Gasteiger partial charge in [0.05, 0.1) is 6.42 Å². The van der Waals surface area contributed by atoms with Crippen LogP contribution in [0.1, 0.15) is 11.1 Å². The number of hydrogen-bond acceptors (Lipinski definition) is 2. The maximum Gasteiger partial charge on any atom is 0.249 e. The normalized spacial score (nSPS) is 11.7. The molecule has 0 saturated heterocycles. The van der Waals surface area contributed by atoms with Crippen molar-refractivity contribution in [3.8, 4) is 0 Å². The number of anilines is 1. The summed E-state index contributed by atoms with van der Waals surface area (Å²) in [4.78, 5) is 27.9. The molecule has 4 aromatic rings. The second kappa shape index (κ2) is 9.92. The smallest absolute Gasteiger partial charge is 0.249 e. The molecule has 0 radical (unpaired) electrons. The van der Waals surface area contributed by atoms with Gasteiger partial charge in [-0.1, -0.05) is 91.0 Å². The lowest BCUT2D eigenvalue weighted by molar-refractivity contribution is -0.127. The molecule has 0 spiro atoms. The van der Waals surface area contributed by atoms with E-state index in [9.17, 15) is 9.59 Å². The highest BCUT2D eigenvalue weighted by Crippen LogP contribution is 2.17. The van der Waals surface area contributed by atoms with E-state index >= 15 is 0 Å². The summed E-state index contributed by atoms with van der Waals surface area (Å²) in [7, 11) is 1.74. The van der Waals surface area contributed by atoms with Crippen LogP contribution in [-0.4, -0.2) is 24.9 Å². The molecule has 0 heterocycles. The van der Waals surface area contributed by atoms with Crippen molar-refractivity contribution in [2.24, 2.45) is 0 Å². The third-order valence-electron chi connectivity index (χ3n) is 5.57. The van der Waals surface area contributed by atoms with Crippen LogP contribution < -0.4 is 10.2 Å². The van der Waals surface area contributed by atoms with E-state index in [1.54, 1.807) is 11.9 Å². The maximum absolute atomic E-state index is 13.3. The number of likely N-dealkylation sites (N-methyl/N-ethyl adjacent to an activating group) is 1. The van der Waals surface area contributed by atoms with Gasteiger partial charge in [0.1, 0.15) is 6.04 Å². The lowest BCUT2D eigenvalue weighted by Gasteiger charge is -2.25. The molecule has 0 bridgehead atoms. The van der Waals surface area contributed by atoms with Crippen LogP contribution in [0.4, 0.5) is 5.69 Å². The molecule has 2 amide bonds. The van der Waals surface area contributed by atoms with Crippen LogP contribution in [0, 0.1) is 0 Å². The molecule has 0 aliphatic rings. The number of amides is 2. The molecule has 1 atom stereocenters. The third-order valence-corrected chi connectivity index (χ3v) is 5.57. The van der Waals surface area contributed by atoms with Crippen LogP contribution in [0.25, 0.3) is 10.8 Å². The molecule has 4 heteroatoms. The van der Waals surface area contributed by atoms with Crippen molar-refractivity contribution in [3.63, 3.8) is 0 Å². The maximum atomic E-state index is 13.3. The van der Waals surface area contributed by atoms with E-state index in [0.717, 1.165) is 27.6 Å². The van der Waals surface area contributed by atoms with Gasteiger partial charge in [0.15, 0.2) is 0 Å². The summed E-state index contributed by atoms with van der Waals surface area (Å²) in [6.07, 6.45) is 0.652. The SMILES string of the molecule is CN(C(=O)C(Cc1ccccc1)NC(=O)Cc1ccc2ccccc2c1)c1ccccc1. The summed E-state index contributed by atoms with van der Waals surface area (Å²) < 4.78 is 0. The second-order valence-electron chi connectivity index (χ2n) is 7.90. The van der Waals surface area contributed by atoms with Crippen LogP contribution in [0.3, 0.4) is 0 Å². The summed E-state index contributed by atoms with van der Waals surface area (Å²) in [6, 6.07) is 32.6. The Morgan fingerprint density at radius 3 is 2.09 bits per heavy atom. The van der Waals surface area contributed by atoms with Gasteiger partial charge in [-0.05, 0) is 34.0 Å². The summed E-state index contributed by atoms with van der Waals surface area (Å²) in [5.41, 5.74) is 2.71. The topological polar surface area (TPSA) is 49.4 Å². The first kappa shape index (κ1) is 21.3. The number of para-hydroxylation sites is 1. The summed E-state index contributed by atoms with van der Waals surface area (Å²) in [5, 5.41) is 5.22. The van der Waals surface area contributed by atoms with Gasteiger partial charge in [-0.3, -0.25) is 9.59 Å². The first-order valence-electron chi connectivity index (χ1n) is 10.7. The number of fused-ring (bicyclic) bond motifs is 1. The summed E-state index contributed by atoms with van der Waals surface area (Å²) >= 11 is 0. The largest absolute Gasteiger partial charge is 0.344 e. The third kappa shape index (κ3) is 5.22. The second-order valence-corrected chi connectivity index (χ2v) is 7.90. The number of nitrogens with zero attached hydrogens (tertiary/aromatic N) is 1. The van der Waals surface area contributed by atoms with Gasteiger partial charge in [-0.25, -0.2) is 0 Å². The molecule has 1 N–H and O–H groups in total. The predicted octanol–water partition coefficient (Wildman–Crippen LogP) is 4.77. The van der Waals surface area contributed by atoms with Crippen LogP contribution in [0.5, 0.6) is 0 Å². The molecular formula is C28H26N2O2. The van der Waals surface area contributed by atoms with Crippen molar-refractivity contribution in [2.75, 3.05) is 11.9 Å². The lowest BCUT2D eigenvalue weighted by Crippen LogP contribution is -2.49. The van der Waals surface area contributed by atoms with Crippen LogP contribution >= 0.6 is 0 Å². The zero-order chi connectivity index (χ0) is 22.3. The number of nitrogens with one attached hydrogen (secondary N) is 1. The quantitative estimate of drug-likeness (QED) is 0.466. The molecule has 4 nitrogen and oxygen atoms in total. The summed E-state index contributed by atoms with van der Waals surface area (Å²) in [5.74, 6) is -0.317. The molecule has 0 aromatic heterocycles. The first-order valence-corrected chi connectivity index (χ1v) is 10.7. The van der Waals surface area contributed by atoms with E-state index in [1.165, 1.54) is 0 Å². The van der Waals surface area contributed by atoms with Gasteiger partial charge in [-0.15, -0.1) is 0 Å². The van der Waals surface area contributed by atoms with Gasteiger partial charge in [0.25, 0.3) is 0 Å². The number of rotatable bonds is 7. The molecule has 1 unspecified atom stereocenters. The molecule has 0 aliphatic carbocycles. The van der Waals surface area contributed by atoms with Crippen LogP contribution in [0.2, 0.25) is 0 Å². The van der Waals surface area contributed by atoms with Crippen molar-refractivity contribution >= 4 is 28.3 Å². The van der Waals surface area contributed by atoms with Crippen molar-refractivity contribution in [1.29, 1.82) is 0 Å². The molecule has 4 aromatic carbocycles. The average molecular weight is 423 g/mol. The lowest BCUT2D eigenvalue weighted by atomic mass is 10.0. The molecule has 0 fully saturated rings. The Bertz CT molecular complexity index is 1210. The number of carbonyl (C=O) groups excluding carboxylic acids is 2. The minimum Gasteiger partial charge on any atom is -0.344 e. The van der Waals surface area contributed by atoms with Crippen molar-refractivity contribution in [3.05, 3.63) is 114 Å². The zero-order valence-electron chi connectivity index (χ0n) is 18.1. The fourth-order valence-electron chi connectivity index (χ4n) is 3.84. The Labute approximate surface area is 188 Å². The highest BCUT2D eigenvalue weighted by Gasteiger charge is 2.25. The standard InChI is InChI=1S/C28H26N2O2/c1-30(25-14-6-3-7-15-25)28(32)26(19-21-10-4-2-5-11-21)29-27(31)20-22-16-17-23-12-8-9-13-24(23)18-22/h2-18,26H,19-20H2,1H3,(H,29,31). The molecular weight excluding hydrogens is 396 g/mol. The van der Waals surface area contributed by atoms with Crippen LogP contribution in [0.15, 0.2) is 103 Å². The highest BCUT2D eigenvalue weighted by atomic mass is 16.2. The number of benzene rings is 4. The van der Waals surface area contributed by atoms with Crippen molar-refractivity contribution in [1.82, 2.24) is 5.32 Å². The molecule has 32 heavy (non-hydrogen) atoms. The van der Waals surface area contributed by atoms with Crippen molar-refractivity contribution in [2.45, 2.75) is 18.9 Å². The van der Waals surface area contributed by atoms with E-state index in [-0.39, 0.29) is 18.2 Å². The molecule has 0 aliphatic heterocycles. The predicted molar refractivity (Wildman–Crippen MR) is 130 cm³/mol. The highest BCUT2D eigenvalue weighted by molar-refractivity contribution is 5.99. The minimum absolute atomic E-state index is 0.146. The van der Waals surface area contributed by atoms with Gasteiger partial charge in [-0.2, -0.15) is 0 Å². The Kier molecular flexibility index (Phi) is 6.61. The molecule has 0 saturated carbocycles. The van der Waals surface area contributed by atoms with E-state index in [1.807, 2.05) is 103 Å². The van der Waals surface area contributed by atoms with E-state index in [2.05, 4.69) is 5.32 Å². The number of hydrogen-bond donors (Lipinski definition) is 1. The van der Waals surface area contributed by atoms with E-state index in [4.69, 9.17) is 0 Å². The Morgan fingerprint density at radius 2 is 1.38 bits per heavy atom. The molecule has 4 rings (SSSR count). The fourth-order valence-corrected chi connectivity index (χ4v) is 3.84. The van der Waals surface area contributed by atoms with Gasteiger partial charge < -0.3 is 10.2 Å². The Morgan fingerprint density at radius 1 is 0.750 bits per heavy atom. The molecule has 160 valence electrons.